The van der Waals surface area contributed by atoms with Crippen molar-refractivity contribution < 1.29 is 14.6 Å². The summed E-state index contributed by atoms with van der Waals surface area (Å²) in [5.41, 5.74) is 1.86. The molecule has 0 bridgehead atoms. The van der Waals surface area contributed by atoms with Gasteiger partial charge < -0.3 is 14.6 Å². The summed E-state index contributed by atoms with van der Waals surface area (Å²) in [6, 6.07) is 13.6. The van der Waals surface area contributed by atoms with E-state index in [1.54, 1.807) is 0 Å². The molecular formula is C17H17BrO3. The molecule has 110 valence electrons. The van der Waals surface area contributed by atoms with Crippen molar-refractivity contribution >= 4 is 15.9 Å². The maximum Gasteiger partial charge on any atom is 0.127 e. The molecule has 1 aliphatic heterocycles. The van der Waals surface area contributed by atoms with Crippen LogP contribution in [-0.2, 0) is 0 Å². The fraction of sp³-hybridized carbons (Fsp3) is 0.294. The Morgan fingerprint density at radius 1 is 1.29 bits per heavy atom. The highest BCUT2D eigenvalue weighted by Gasteiger charge is 2.28. The monoisotopic (exact) mass is 348 g/mol. The molecule has 0 saturated carbocycles. The standard InChI is InChI=1S/C17H17BrO3/c1-2-20-13-5-3-4-11(8-13)17-10-15(19)14-9-12(18)6-7-16(14)21-17/h3-9,15,17,19H,2,10H2,1H3/t15-,17?/m0/s1. The predicted molar refractivity (Wildman–Crippen MR) is 84.7 cm³/mol. The molecule has 0 radical (unpaired) electrons. The topological polar surface area (TPSA) is 38.7 Å². The lowest BCUT2D eigenvalue weighted by Gasteiger charge is -2.30. The van der Waals surface area contributed by atoms with Crippen molar-refractivity contribution in [3.63, 3.8) is 0 Å². The van der Waals surface area contributed by atoms with Crippen molar-refractivity contribution in [1.82, 2.24) is 0 Å². The van der Waals surface area contributed by atoms with Crippen LogP contribution >= 0.6 is 15.9 Å². The van der Waals surface area contributed by atoms with Crippen LogP contribution in [0.5, 0.6) is 11.5 Å². The summed E-state index contributed by atoms with van der Waals surface area (Å²) in [5, 5.41) is 10.4. The zero-order valence-electron chi connectivity index (χ0n) is 11.8. The quantitative estimate of drug-likeness (QED) is 0.892. The molecule has 1 heterocycles. The van der Waals surface area contributed by atoms with E-state index in [0.717, 1.165) is 27.1 Å². The molecule has 3 rings (SSSR count). The number of ether oxygens (including phenoxy) is 2. The molecule has 0 aromatic heterocycles. The molecule has 3 nitrogen and oxygen atoms in total. The summed E-state index contributed by atoms with van der Waals surface area (Å²) in [5.74, 6) is 1.57. The van der Waals surface area contributed by atoms with Gasteiger partial charge in [0.15, 0.2) is 0 Å². The van der Waals surface area contributed by atoms with Crippen LogP contribution in [0.25, 0.3) is 0 Å². The maximum atomic E-state index is 10.4. The van der Waals surface area contributed by atoms with Gasteiger partial charge in [0.2, 0.25) is 0 Å². The normalized spacial score (nSPS) is 20.5. The average Bonchev–Trinajstić information content (AvgIpc) is 2.48. The lowest BCUT2D eigenvalue weighted by Crippen LogP contribution is -2.19. The second kappa shape index (κ2) is 6.08. The van der Waals surface area contributed by atoms with Crippen LogP contribution in [0, 0.1) is 0 Å². The van der Waals surface area contributed by atoms with Gasteiger partial charge in [-0.05, 0) is 42.8 Å². The lowest BCUT2D eigenvalue weighted by atomic mass is 9.95. The molecule has 0 saturated heterocycles. The largest absolute Gasteiger partial charge is 0.494 e. The van der Waals surface area contributed by atoms with Crippen molar-refractivity contribution in [3.8, 4) is 11.5 Å². The molecule has 0 aliphatic carbocycles. The molecule has 2 atom stereocenters. The minimum Gasteiger partial charge on any atom is -0.494 e. The Hall–Kier alpha value is -1.52. The number of hydrogen-bond acceptors (Lipinski definition) is 3. The summed E-state index contributed by atoms with van der Waals surface area (Å²) in [7, 11) is 0. The molecule has 2 aromatic rings. The van der Waals surface area contributed by atoms with Gasteiger partial charge in [0, 0.05) is 16.5 Å². The first-order valence-corrected chi connectivity index (χ1v) is 7.83. The van der Waals surface area contributed by atoms with Gasteiger partial charge in [0.1, 0.15) is 17.6 Å². The van der Waals surface area contributed by atoms with Gasteiger partial charge in [0.25, 0.3) is 0 Å². The summed E-state index contributed by atoms with van der Waals surface area (Å²) in [4.78, 5) is 0. The van der Waals surface area contributed by atoms with Gasteiger partial charge in [-0.1, -0.05) is 28.1 Å². The van der Waals surface area contributed by atoms with Crippen LogP contribution in [0.2, 0.25) is 0 Å². The zero-order chi connectivity index (χ0) is 14.8. The third-order valence-corrected chi connectivity index (χ3v) is 4.07. The first kappa shape index (κ1) is 14.4. The van der Waals surface area contributed by atoms with Gasteiger partial charge in [-0.25, -0.2) is 0 Å². The van der Waals surface area contributed by atoms with E-state index in [2.05, 4.69) is 15.9 Å². The minimum atomic E-state index is -0.521. The summed E-state index contributed by atoms with van der Waals surface area (Å²) in [6.07, 6.45) is -0.139. The second-order valence-corrected chi connectivity index (χ2v) is 5.96. The van der Waals surface area contributed by atoms with Crippen molar-refractivity contribution in [2.45, 2.75) is 25.6 Å². The van der Waals surface area contributed by atoms with Crippen LogP contribution in [-0.4, -0.2) is 11.7 Å². The van der Waals surface area contributed by atoms with Crippen LogP contribution in [0.1, 0.15) is 36.7 Å². The third kappa shape index (κ3) is 3.06. The molecule has 0 fully saturated rings. The maximum absolute atomic E-state index is 10.4. The highest BCUT2D eigenvalue weighted by molar-refractivity contribution is 9.10. The van der Waals surface area contributed by atoms with E-state index in [1.807, 2.05) is 49.4 Å². The molecule has 1 unspecified atom stereocenters. The van der Waals surface area contributed by atoms with E-state index < -0.39 is 6.10 Å². The van der Waals surface area contributed by atoms with E-state index in [-0.39, 0.29) is 6.10 Å². The zero-order valence-corrected chi connectivity index (χ0v) is 13.3. The van der Waals surface area contributed by atoms with Crippen LogP contribution < -0.4 is 9.47 Å². The molecule has 2 aromatic carbocycles. The third-order valence-electron chi connectivity index (χ3n) is 3.58. The number of aliphatic hydroxyl groups excluding tert-OH is 1. The van der Waals surface area contributed by atoms with Gasteiger partial charge in [-0.2, -0.15) is 0 Å². The number of fused-ring (bicyclic) bond motifs is 1. The van der Waals surface area contributed by atoms with E-state index in [9.17, 15) is 5.11 Å². The Bertz CT molecular complexity index is 642. The fourth-order valence-electron chi connectivity index (χ4n) is 2.59. The Labute approximate surface area is 132 Å². The molecule has 0 amide bonds. The Kier molecular flexibility index (Phi) is 4.17. The van der Waals surface area contributed by atoms with E-state index in [0.29, 0.717) is 13.0 Å². The summed E-state index contributed by atoms with van der Waals surface area (Å²) < 4.78 is 12.5. The van der Waals surface area contributed by atoms with E-state index in [1.165, 1.54) is 0 Å². The number of benzene rings is 2. The van der Waals surface area contributed by atoms with E-state index in [4.69, 9.17) is 9.47 Å². The van der Waals surface area contributed by atoms with Crippen molar-refractivity contribution in [1.29, 1.82) is 0 Å². The average molecular weight is 349 g/mol. The van der Waals surface area contributed by atoms with Gasteiger partial charge in [0.05, 0.1) is 12.7 Å². The Balaban J connectivity index is 1.88. The lowest BCUT2D eigenvalue weighted by molar-refractivity contribution is 0.0655. The number of rotatable bonds is 3. The van der Waals surface area contributed by atoms with Gasteiger partial charge in [-0.15, -0.1) is 0 Å². The molecule has 4 heteroatoms. The number of aliphatic hydroxyl groups is 1. The molecule has 0 spiro atoms. The van der Waals surface area contributed by atoms with Crippen molar-refractivity contribution in [2.24, 2.45) is 0 Å². The van der Waals surface area contributed by atoms with E-state index >= 15 is 0 Å². The van der Waals surface area contributed by atoms with Gasteiger partial charge >= 0.3 is 0 Å². The highest BCUT2D eigenvalue weighted by atomic mass is 79.9. The molecule has 21 heavy (non-hydrogen) atoms. The molecule has 1 aliphatic rings. The summed E-state index contributed by atoms with van der Waals surface area (Å²) >= 11 is 3.42. The first-order chi connectivity index (χ1) is 10.2. The SMILES string of the molecule is CCOc1cccc(C2C[C@H](O)c3cc(Br)ccc3O2)c1. The minimum absolute atomic E-state index is 0.158. The summed E-state index contributed by atoms with van der Waals surface area (Å²) in [6.45, 7) is 2.59. The van der Waals surface area contributed by atoms with Crippen LogP contribution in [0.3, 0.4) is 0 Å². The Morgan fingerprint density at radius 3 is 2.95 bits per heavy atom. The van der Waals surface area contributed by atoms with Crippen LogP contribution in [0.4, 0.5) is 0 Å². The fourth-order valence-corrected chi connectivity index (χ4v) is 2.97. The van der Waals surface area contributed by atoms with Crippen LogP contribution in [0.15, 0.2) is 46.9 Å². The van der Waals surface area contributed by atoms with Gasteiger partial charge in [-0.3, -0.25) is 0 Å². The first-order valence-electron chi connectivity index (χ1n) is 7.04. The number of hydrogen-bond donors (Lipinski definition) is 1. The second-order valence-electron chi connectivity index (χ2n) is 5.05. The Morgan fingerprint density at radius 2 is 2.14 bits per heavy atom. The molecular weight excluding hydrogens is 332 g/mol. The molecule has 1 N–H and O–H groups in total. The smallest absolute Gasteiger partial charge is 0.127 e. The predicted octanol–water partition coefficient (Wildman–Crippen LogP) is 4.41. The van der Waals surface area contributed by atoms with Crippen molar-refractivity contribution in [2.75, 3.05) is 6.61 Å². The van der Waals surface area contributed by atoms with Crippen molar-refractivity contribution in [3.05, 3.63) is 58.1 Å². The number of halogens is 1. The highest BCUT2D eigenvalue weighted by Crippen LogP contribution is 2.42.